The highest BCUT2D eigenvalue weighted by atomic mass is 16.1. The van der Waals surface area contributed by atoms with Gasteiger partial charge in [0.05, 0.1) is 0 Å². The molecule has 0 aliphatic heterocycles. The van der Waals surface area contributed by atoms with Crippen LogP contribution in [0.5, 0.6) is 0 Å². The normalized spacial score (nSPS) is 10.4. The number of hydrogen-bond acceptors (Lipinski definition) is 5. The molecular formula is C14H20N6O. The van der Waals surface area contributed by atoms with Gasteiger partial charge in [-0.05, 0) is 13.8 Å². The zero-order valence-corrected chi connectivity index (χ0v) is 12.6. The zero-order chi connectivity index (χ0) is 15.2. The summed E-state index contributed by atoms with van der Waals surface area (Å²) in [7, 11) is 0. The first-order valence-corrected chi connectivity index (χ1v) is 6.96. The van der Waals surface area contributed by atoms with Gasteiger partial charge in [-0.15, -0.1) is 0 Å². The number of hydrogen-bond donors (Lipinski definition) is 2. The SMILES string of the molecule is CCC(=O)NCCNc1cc(-n2ccnc2C)nc(C)n1. The molecule has 0 aliphatic rings. The van der Waals surface area contributed by atoms with Crippen LogP contribution in [0, 0.1) is 13.8 Å². The lowest BCUT2D eigenvalue weighted by Gasteiger charge is -2.10. The van der Waals surface area contributed by atoms with Crippen LogP contribution in [0.2, 0.25) is 0 Å². The molecule has 2 heterocycles. The number of aromatic nitrogens is 4. The molecule has 0 saturated carbocycles. The van der Waals surface area contributed by atoms with E-state index in [1.54, 1.807) is 6.20 Å². The molecule has 2 aromatic heterocycles. The summed E-state index contributed by atoms with van der Waals surface area (Å²) in [4.78, 5) is 24.1. The van der Waals surface area contributed by atoms with Crippen LogP contribution in [0.25, 0.3) is 5.82 Å². The quantitative estimate of drug-likeness (QED) is 0.781. The van der Waals surface area contributed by atoms with E-state index in [4.69, 9.17) is 0 Å². The molecule has 0 spiro atoms. The molecule has 0 aromatic carbocycles. The van der Waals surface area contributed by atoms with Gasteiger partial charge in [-0.3, -0.25) is 9.36 Å². The predicted octanol–water partition coefficient (Wildman–Crippen LogP) is 1.22. The largest absolute Gasteiger partial charge is 0.368 e. The summed E-state index contributed by atoms with van der Waals surface area (Å²) in [6.07, 6.45) is 4.10. The van der Waals surface area contributed by atoms with Crippen molar-refractivity contribution in [3.8, 4) is 5.82 Å². The number of anilines is 1. The number of imidazole rings is 1. The lowest BCUT2D eigenvalue weighted by atomic mass is 10.4. The average molecular weight is 288 g/mol. The predicted molar refractivity (Wildman–Crippen MR) is 80.4 cm³/mol. The molecule has 7 heteroatoms. The Bertz CT molecular complexity index is 622. The van der Waals surface area contributed by atoms with Gasteiger partial charge in [0.25, 0.3) is 0 Å². The van der Waals surface area contributed by atoms with Gasteiger partial charge in [-0.25, -0.2) is 15.0 Å². The van der Waals surface area contributed by atoms with Crippen molar-refractivity contribution < 1.29 is 4.79 Å². The molecule has 0 radical (unpaired) electrons. The number of carbonyl (C=O) groups is 1. The smallest absolute Gasteiger partial charge is 0.219 e. The summed E-state index contributed by atoms with van der Waals surface area (Å²) in [6, 6.07) is 1.86. The van der Waals surface area contributed by atoms with E-state index >= 15 is 0 Å². The topological polar surface area (TPSA) is 84.7 Å². The number of nitrogens with one attached hydrogen (secondary N) is 2. The highest BCUT2D eigenvalue weighted by Crippen LogP contribution is 2.12. The number of carbonyl (C=O) groups excluding carboxylic acids is 1. The minimum atomic E-state index is 0.0467. The molecule has 0 aliphatic carbocycles. The van der Waals surface area contributed by atoms with Crippen LogP contribution in [-0.4, -0.2) is 38.5 Å². The Morgan fingerprint density at radius 2 is 2.10 bits per heavy atom. The zero-order valence-electron chi connectivity index (χ0n) is 12.6. The standard InChI is InChI=1S/C14H20N6O/c1-4-14(21)17-6-5-16-12-9-13(19-10(2)18-12)20-8-7-15-11(20)3/h7-9H,4-6H2,1-3H3,(H,17,21)(H,16,18,19). The van der Waals surface area contributed by atoms with Crippen LogP contribution in [-0.2, 0) is 4.79 Å². The van der Waals surface area contributed by atoms with Crippen molar-refractivity contribution in [2.24, 2.45) is 0 Å². The van der Waals surface area contributed by atoms with Crippen molar-refractivity contribution in [2.75, 3.05) is 18.4 Å². The maximum absolute atomic E-state index is 11.1. The lowest BCUT2D eigenvalue weighted by Crippen LogP contribution is -2.28. The fourth-order valence-electron chi connectivity index (χ4n) is 1.90. The highest BCUT2D eigenvalue weighted by Gasteiger charge is 2.06. The average Bonchev–Trinajstić information content (AvgIpc) is 2.89. The monoisotopic (exact) mass is 288 g/mol. The molecule has 2 aromatic rings. The number of aryl methyl sites for hydroxylation is 2. The molecule has 1 amide bonds. The summed E-state index contributed by atoms with van der Waals surface area (Å²) in [5, 5.41) is 6.00. The van der Waals surface area contributed by atoms with E-state index in [1.807, 2.05) is 37.6 Å². The van der Waals surface area contributed by atoms with Crippen molar-refractivity contribution in [1.82, 2.24) is 24.8 Å². The molecule has 21 heavy (non-hydrogen) atoms. The first kappa shape index (κ1) is 15.0. The van der Waals surface area contributed by atoms with Gasteiger partial charge in [0.15, 0.2) is 0 Å². The third-order valence-electron chi connectivity index (χ3n) is 2.97. The van der Waals surface area contributed by atoms with E-state index in [1.165, 1.54) is 0 Å². The van der Waals surface area contributed by atoms with E-state index in [2.05, 4.69) is 25.6 Å². The molecule has 2 rings (SSSR count). The highest BCUT2D eigenvalue weighted by molar-refractivity contribution is 5.75. The van der Waals surface area contributed by atoms with Crippen molar-refractivity contribution in [3.05, 3.63) is 30.1 Å². The van der Waals surface area contributed by atoms with Crippen LogP contribution >= 0.6 is 0 Å². The van der Waals surface area contributed by atoms with E-state index in [0.29, 0.717) is 25.3 Å². The van der Waals surface area contributed by atoms with Crippen LogP contribution in [0.1, 0.15) is 25.0 Å². The number of nitrogens with zero attached hydrogens (tertiary/aromatic N) is 4. The van der Waals surface area contributed by atoms with Crippen LogP contribution in [0.4, 0.5) is 5.82 Å². The van der Waals surface area contributed by atoms with Gasteiger partial charge in [0.2, 0.25) is 5.91 Å². The molecule has 0 saturated heterocycles. The molecular weight excluding hydrogens is 268 g/mol. The fraction of sp³-hybridized carbons (Fsp3) is 0.429. The first-order chi connectivity index (χ1) is 10.1. The second-order valence-electron chi connectivity index (χ2n) is 4.63. The second-order valence-corrected chi connectivity index (χ2v) is 4.63. The number of amides is 1. The lowest BCUT2D eigenvalue weighted by molar-refractivity contribution is -0.120. The van der Waals surface area contributed by atoms with Gasteiger partial charge in [-0.1, -0.05) is 6.92 Å². The summed E-state index contributed by atoms with van der Waals surface area (Å²) < 4.78 is 1.90. The van der Waals surface area contributed by atoms with E-state index in [0.717, 1.165) is 17.5 Å². The third kappa shape index (κ3) is 4.01. The molecule has 0 atom stereocenters. The van der Waals surface area contributed by atoms with Crippen molar-refractivity contribution in [1.29, 1.82) is 0 Å². The van der Waals surface area contributed by atoms with E-state index < -0.39 is 0 Å². The van der Waals surface area contributed by atoms with Crippen LogP contribution in [0.15, 0.2) is 18.5 Å². The third-order valence-corrected chi connectivity index (χ3v) is 2.97. The Kier molecular flexibility index (Phi) is 4.86. The molecule has 7 nitrogen and oxygen atoms in total. The molecule has 112 valence electrons. The van der Waals surface area contributed by atoms with Crippen molar-refractivity contribution in [2.45, 2.75) is 27.2 Å². The molecule has 2 N–H and O–H groups in total. The van der Waals surface area contributed by atoms with E-state index in [9.17, 15) is 4.79 Å². The Morgan fingerprint density at radius 3 is 2.76 bits per heavy atom. The number of rotatable bonds is 6. The maximum atomic E-state index is 11.1. The summed E-state index contributed by atoms with van der Waals surface area (Å²) in [5.41, 5.74) is 0. The van der Waals surface area contributed by atoms with Crippen LogP contribution in [0.3, 0.4) is 0 Å². The Labute approximate surface area is 123 Å². The molecule has 0 bridgehead atoms. The van der Waals surface area contributed by atoms with Crippen LogP contribution < -0.4 is 10.6 Å². The van der Waals surface area contributed by atoms with Gasteiger partial charge < -0.3 is 10.6 Å². The fourth-order valence-corrected chi connectivity index (χ4v) is 1.90. The van der Waals surface area contributed by atoms with Gasteiger partial charge >= 0.3 is 0 Å². The Balaban J connectivity index is 2.03. The minimum absolute atomic E-state index is 0.0467. The minimum Gasteiger partial charge on any atom is -0.368 e. The van der Waals surface area contributed by atoms with Crippen molar-refractivity contribution in [3.63, 3.8) is 0 Å². The first-order valence-electron chi connectivity index (χ1n) is 6.96. The van der Waals surface area contributed by atoms with Gasteiger partial charge in [-0.2, -0.15) is 0 Å². The van der Waals surface area contributed by atoms with Gasteiger partial charge in [0, 0.05) is 38.0 Å². The van der Waals surface area contributed by atoms with Crippen molar-refractivity contribution >= 4 is 11.7 Å². The Hall–Kier alpha value is -2.44. The molecule has 0 unspecified atom stereocenters. The molecule has 0 fully saturated rings. The summed E-state index contributed by atoms with van der Waals surface area (Å²) >= 11 is 0. The summed E-state index contributed by atoms with van der Waals surface area (Å²) in [6.45, 7) is 6.78. The second kappa shape index (κ2) is 6.83. The summed E-state index contributed by atoms with van der Waals surface area (Å²) in [5.74, 6) is 3.11. The van der Waals surface area contributed by atoms with Gasteiger partial charge in [0.1, 0.15) is 23.3 Å². The Morgan fingerprint density at radius 1 is 1.29 bits per heavy atom. The maximum Gasteiger partial charge on any atom is 0.219 e. The van der Waals surface area contributed by atoms with E-state index in [-0.39, 0.29) is 5.91 Å².